The summed E-state index contributed by atoms with van der Waals surface area (Å²) in [5.41, 5.74) is 2.14. The van der Waals surface area contributed by atoms with Crippen molar-refractivity contribution in [1.82, 2.24) is 25.5 Å². The zero-order valence-electron chi connectivity index (χ0n) is 24.7. The standard InChI is InChI=1S/C33H33N5O6S/c1-19(24-13-21-16-34-10-9-23(21)37-24)36-32(41)25-14-22(33-42-11-4-12-43-33)18-38(25)30(39)17-35-31(40)20-7-8-29-27(15-20)44-26-5-2-3-6-28(26)45-29/h2-3,5-10,13,15-16,19,22,25,33,37H,4,11-12,14,17-18H2,1H3,(H,35,40)(H,36,41)/t19-,22-,25+/m1/s1. The number of para-hydroxylation sites is 1. The van der Waals surface area contributed by atoms with Crippen LogP contribution in [-0.4, -0.2) is 71.2 Å². The number of aromatic amines is 1. The molecule has 3 atom stereocenters. The van der Waals surface area contributed by atoms with Gasteiger partial charge in [0.15, 0.2) is 6.29 Å². The molecule has 45 heavy (non-hydrogen) atoms. The monoisotopic (exact) mass is 627 g/mol. The maximum atomic E-state index is 13.7. The number of carbonyl (C=O) groups excluding carboxylic acids is 3. The summed E-state index contributed by atoms with van der Waals surface area (Å²) in [6, 6.07) is 15.7. The Bertz CT molecular complexity index is 1720. The molecule has 3 N–H and O–H groups in total. The summed E-state index contributed by atoms with van der Waals surface area (Å²) in [5, 5.41) is 6.75. The van der Waals surface area contributed by atoms with Gasteiger partial charge < -0.3 is 34.7 Å². The summed E-state index contributed by atoms with van der Waals surface area (Å²) in [4.78, 5) is 51.3. The Kier molecular flexibility index (Phi) is 8.18. The minimum Gasteiger partial charge on any atom is -0.455 e. The molecule has 0 spiro atoms. The summed E-state index contributed by atoms with van der Waals surface area (Å²) in [7, 11) is 0. The van der Waals surface area contributed by atoms with Crippen molar-refractivity contribution in [3.8, 4) is 11.5 Å². The first-order valence-corrected chi connectivity index (χ1v) is 15.9. The molecule has 2 aromatic heterocycles. The fourth-order valence-electron chi connectivity index (χ4n) is 6.01. The first kappa shape index (κ1) is 29.3. The first-order chi connectivity index (χ1) is 21.9. The van der Waals surface area contributed by atoms with E-state index in [0.29, 0.717) is 30.9 Å². The second kappa shape index (κ2) is 12.5. The third-order valence-corrected chi connectivity index (χ3v) is 9.47. The Labute approximate surface area is 264 Å². The number of pyridine rings is 1. The fourth-order valence-corrected chi connectivity index (χ4v) is 6.94. The van der Waals surface area contributed by atoms with Crippen LogP contribution in [0.2, 0.25) is 0 Å². The van der Waals surface area contributed by atoms with Gasteiger partial charge in [-0.15, -0.1) is 0 Å². The summed E-state index contributed by atoms with van der Waals surface area (Å²) < 4.78 is 17.7. The molecule has 3 aliphatic rings. The second-order valence-electron chi connectivity index (χ2n) is 11.4. The highest BCUT2D eigenvalue weighted by atomic mass is 32.2. The molecule has 0 bridgehead atoms. The van der Waals surface area contributed by atoms with Crippen LogP contribution in [-0.2, 0) is 19.1 Å². The number of rotatable bonds is 7. The molecule has 0 radical (unpaired) electrons. The molecule has 0 unspecified atom stereocenters. The number of nitrogens with zero attached hydrogens (tertiary/aromatic N) is 2. The Morgan fingerprint density at radius 2 is 1.89 bits per heavy atom. The largest absolute Gasteiger partial charge is 0.455 e. The van der Waals surface area contributed by atoms with Crippen molar-refractivity contribution in [2.75, 3.05) is 26.3 Å². The van der Waals surface area contributed by atoms with E-state index in [-0.39, 0.29) is 36.9 Å². The number of hydrogen-bond acceptors (Lipinski definition) is 8. The number of H-pyrrole nitrogens is 1. The number of ether oxygens (including phenoxy) is 3. The molecular weight excluding hydrogens is 594 g/mol. The normalized spacial score (nSPS) is 20.2. The lowest BCUT2D eigenvalue weighted by atomic mass is 10.0. The van der Waals surface area contributed by atoms with E-state index in [4.69, 9.17) is 14.2 Å². The molecular formula is C33H33N5O6S. The SMILES string of the molecule is C[C@@H](NC(=O)[C@@H]1C[C@@H](C2OCCCO2)CN1C(=O)CNC(=O)c1ccc2c(c1)Oc1ccccc1S2)c1cc2cnccc2[nH]1. The fraction of sp³-hybridized carbons (Fsp3) is 0.333. The Balaban J connectivity index is 1.02. The molecule has 12 heteroatoms. The van der Waals surface area contributed by atoms with E-state index in [9.17, 15) is 14.4 Å². The van der Waals surface area contributed by atoms with Crippen LogP contribution in [0.1, 0.15) is 41.9 Å². The zero-order valence-corrected chi connectivity index (χ0v) is 25.5. The topological polar surface area (TPSA) is 135 Å². The van der Waals surface area contributed by atoms with Crippen molar-refractivity contribution in [3.05, 3.63) is 78.2 Å². The van der Waals surface area contributed by atoms with Gasteiger partial charge >= 0.3 is 0 Å². The highest BCUT2D eigenvalue weighted by Crippen LogP contribution is 2.47. The molecule has 11 nitrogen and oxygen atoms in total. The Morgan fingerprint density at radius 1 is 1.07 bits per heavy atom. The summed E-state index contributed by atoms with van der Waals surface area (Å²) in [5.74, 6) is 0.110. The van der Waals surface area contributed by atoms with E-state index in [2.05, 4.69) is 20.6 Å². The van der Waals surface area contributed by atoms with Crippen molar-refractivity contribution >= 4 is 40.4 Å². The summed E-state index contributed by atoms with van der Waals surface area (Å²) >= 11 is 1.58. The number of benzene rings is 2. The average molecular weight is 628 g/mol. The van der Waals surface area contributed by atoms with Crippen LogP contribution >= 0.6 is 11.8 Å². The van der Waals surface area contributed by atoms with Gasteiger partial charge in [0.25, 0.3) is 5.91 Å². The molecule has 0 aliphatic carbocycles. The lowest BCUT2D eigenvalue weighted by molar-refractivity contribution is -0.202. The van der Waals surface area contributed by atoms with Crippen LogP contribution in [0.3, 0.4) is 0 Å². The molecule has 232 valence electrons. The van der Waals surface area contributed by atoms with Crippen LogP contribution < -0.4 is 15.4 Å². The van der Waals surface area contributed by atoms with Crippen molar-refractivity contribution in [3.63, 3.8) is 0 Å². The van der Waals surface area contributed by atoms with Crippen LogP contribution in [0.25, 0.3) is 10.9 Å². The average Bonchev–Trinajstić information content (AvgIpc) is 3.72. The third-order valence-electron chi connectivity index (χ3n) is 8.36. The summed E-state index contributed by atoms with van der Waals surface area (Å²) in [6.45, 7) is 3.06. The van der Waals surface area contributed by atoms with Gasteiger partial charge in [-0.25, -0.2) is 0 Å². The van der Waals surface area contributed by atoms with Crippen LogP contribution in [0, 0.1) is 5.92 Å². The van der Waals surface area contributed by atoms with Crippen LogP contribution in [0.15, 0.2) is 76.8 Å². The quantitative estimate of drug-likeness (QED) is 0.242. The molecule has 4 aromatic rings. The van der Waals surface area contributed by atoms with Gasteiger partial charge in [-0.3, -0.25) is 19.4 Å². The number of carbonyl (C=O) groups is 3. The summed E-state index contributed by atoms with van der Waals surface area (Å²) in [6.07, 6.45) is 4.18. The van der Waals surface area contributed by atoms with Crippen LogP contribution in [0.4, 0.5) is 0 Å². The smallest absolute Gasteiger partial charge is 0.251 e. The van der Waals surface area contributed by atoms with Gasteiger partial charge in [0, 0.05) is 47.0 Å². The van der Waals surface area contributed by atoms with Crippen molar-refractivity contribution in [2.45, 2.75) is 47.9 Å². The third kappa shape index (κ3) is 6.13. The van der Waals surface area contributed by atoms with Gasteiger partial charge in [-0.05, 0) is 62.2 Å². The molecule has 7 rings (SSSR count). The Morgan fingerprint density at radius 3 is 2.73 bits per heavy atom. The maximum Gasteiger partial charge on any atom is 0.251 e. The van der Waals surface area contributed by atoms with Crippen LogP contribution in [0.5, 0.6) is 11.5 Å². The number of amides is 3. The predicted octanol–water partition coefficient (Wildman–Crippen LogP) is 4.41. The number of aromatic nitrogens is 2. The highest BCUT2D eigenvalue weighted by Gasteiger charge is 2.44. The van der Waals surface area contributed by atoms with Gasteiger partial charge in [-0.1, -0.05) is 23.9 Å². The second-order valence-corrected chi connectivity index (χ2v) is 12.5. The molecule has 3 amide bonds. The van der Waals surface area contributed by atoms with E-state index in [1.807, 2.05) is 49.4 Å². The van der Waals surface area contributed by atoms with Gasteiger partial charge in [0.2, 0.25) is 11.8 Å². The molecule has 2 fully saturated rings. The Hall–Kier alpha value is -4.39. The minimum atomic E-state index is -0.740. The lowest BCUT2D eigenvalue weighted by Gasteiger charge is -2.28. The van der Waals surface area contributed by atoms with Crippen molar-refractivity contribution in [1.29, 1.82) is 0 Å². The maximum absolute atomic E-state index is 13.7. The molecule has 5 heterocycles. The minimum absolute atomic E-state index is 0.173. The number of fused-ring (bicyclic) bond motifs is 3. The predicted molar refractivity (Wildman–Crippen MR) is 166 cm³/mol. The number of hydrogen-bond donors (Lipinski definition) is 3. The number of likely N-dealkylation sites (tertiary alicyclic amines) is 1. The van der Waals surface area contributed by atoms with Crippen molar-refractivity contribution in [2.24, 2.45) is 5.92 Å². The van der Waals surface area contributed by atoms with Gasteiger partial charge in [-0.2, -0.15) is 0 Å². The lowest BCUT2D eigenvalue weighted by Crippen LogP contribution is -2.49. The zero-order chi connectivity index (χ0) is 30.9. The first-order valence-electron chi connectivity index (χ1n) is 15.1. The molecule has 0 saturated carbocycles. The van der Waals surface area contributed by atoms with E-state index >= 15 is 0 Å². The molecule has 3 aliphatic heterocycles. The van der Waals surface area contributed by atoms with E-state index in [0.717, 1.165) is 38.6 Å². The van der Waals surface area contributed by atoms with E-state index < -0.39 is 18.2 Å². The van der Waals surface area contributed by atoms with E-state index in [1.54, 1.807) is 36.3 Å². The molecule has 2 aromatic carbocycles. The number of nitrogens with one attached hydrogen (secondary N) is 3. The van der Waals surface area contributed by atoms with Gasteiger partial charge in [0.05, 0.1) is 35.6 Å². The van der Waals surface area contributed by atoms with Crippen molar-refractivity contribution < 1.29 is 28.6 Å². The van der Waals surface area contributed by atoms with Gasteiger partial charge in [0.1, 0.15) is 17.5 Å². The van der Waals surface area contributed by atoms with E-state index in [1.165, 1.54) is 4.90 Å². The highest BCUT2D eigenvalue weighted by molar-refractivity contribution is 7.99. The molecule has 2 saturated heterocycles.